The molecule has 0 aromatic carbocycles. The van der Waals surface area contributed by atoms with Crippen LogP contribution in [0.1, 0.15) is 19.8 Å². The van der Waals surface area contributed by atoms with Crippen LogP contribution in [-0.2, 0) is 4.74 Å². The summed E-state index contributed by atoms with van der Waals surface area (Å²) in [6, 6.07) is 0.391. The van der Waals surface area contributed by atoms with Gasteiger partial charge in [-0.3, -0.25) is 4.99 Å². The molecule has 0 saturated heterocycles. The Hall–Kier alpha value is -0.830. The summed E-state index contributed by atoms with van der Waals surface area (Å²) in [7, 11) is 1.73. The molecule has 3 nitrogen and oxygen atoms in total. The molecule has 2 N–H and O–H groups in total. The van der Waals surface area contributed by atoms with Gasteiger partial charge in [-0.25, -0.2) is 0 Å². The van der Waals surface area contributed by atoms with Gasteiger partial charge in [0.25, 0.3) is 0 Å². The molecule has 2 atom stereocenters. The monoisotopic (exact) mass is 182 g/mol. The van der Waals surface area contributed by atoms with Gasteiger partial charge in [0.15, 0.2) is 0 Å². The van der Waals surface area contributed by atoms with Crippen LogP contribution in [0, 0.1) is 5.92 Å². The van der Waals surface area contributed by atoms with Crippen LogP contribution in [0.15, 0.2) is 16.8 Å². The van der Waals surface area contributed by atoms with E-state index in [-0.39, 0.29) is 0 Å². The van der Waals surface area contributed by atoms with Gasteiger partial charge >= 0.3 is 0 Å². The molecule has 0 aromatic rings. The maximum absolute atomic E-state index is 5.58. The standard InChI is InChI=1S/C10H18N2O/c1-8(5-6-13-2)10-4-3-9(11)7-12-10/h3,7-8,10H,4-6,11H2,1-2H3. The zero-order valence-electron chi connectivity index (χ0n) is 8.36. The van der Waals surface area contributed by atoms with Crippen LogP contribution in [-0.4, -0.2) is 26.0 Å². The first-order valence-corrected chi connectivity index (χ1v) is 4.71. The average Bonchev–Trinajstić information content (AvgIpc) is 2.15. The second-order valence-electron chi connectivity index (χ2n) is 3.54. The normalized spacial score (nSPS) is 24.2. The van der Waals surface area contributed by atoms with Crippen molar-refractivity contribution in [1.82, 2.24) is 0 Å². The van der Waals surface area contributed by atoms with E-state index >= 15 is 0 Å². The average molecular weight is 182 g/mol. The third kappa shape index (κ3) is 3.19. The van der Waals surface area contributed by atoms with E-state index in [1.807, 2.05) is 6.08 Å². The third-order valence-corrected chi connectivity index (χ3v) is 2.44. The van der Waals surface area contributed by atoms with Crippen molar-refractivity contribution in [2.45, 2.75) is 25.8 Å². The van der Waals surface area contributed by atoms with Crippen molar-refractivity contribution >= 4 is 6.21 Å². The molecule has 1 aliphatic rings. The Morgan fingerprint density at radius 2 is 2.54 bits per heavy atom. The Kier molecular flexibility index (Phi) is 3.96. The topological polar surface area (TPSA) is 47.6 Å². The molecule has 13 heavy (non-hydrogen) atoms. The SMILES string of the molecule is COCCC(C)C1CC=C(N)C=N1. The molecule has 0 amide bonds. The number of dihydropyridines is 1. The molecule has 0 spiro atoms. The van der Waals surface area contributed by atoms with Gasteiger partial charge in [-0.2, -0.15) is 0 Å². The third-order valence-electron chi connectivity index (χ3n) is 2.44. The minimum absolute atomic E-state index is 0.391. The molecule has 0 radical (unpaired) electrons. The van der Waals surface area contributed by atoms with Gasteiger partial charge in [0.1, 0.15) is 0 Å². The Morgan fingerprint density at radius 1 is 1.77 bits per heavy atom. The first-order valence-electron chi connectivity index (χ1n) is 4.71. The summed E-state index contributed by atoms with van der Waals surface area (Å²) in [6.07, 6.45) is 5.83. The highest BCUT2D eigenvalue weighted by atomic mass is 16.5. The number of hydrogen-bond acceptors (Lipinski definition) is 3. The molecular formula is C10H18N2O. The number of methoxy groups -OCH3 is 1. The summed E-state index contributed by atoms with van der Waals surface area (Å²) in [5.74, 6) is 0.570. The van der Waals surface area contributed by atoms with Crippen LogP contribution in [0.25, 0.3) is 0 Å². The summed E-state index contributed by atoms with van der Waals surface area (Å²) in [5, 5.41) is 0. The first kappa shape index (κ1) is 10.3. The van der Waals surface area contributed by atoms with E-state index in [9.17, 15) is 0 Å². The van der Waals surface area contributed by atoms with E-state index in [1.54, 1.807) is 13.3 Å². The summed E-state index contributed by atoms with van der Waals surface area (Å²) >= 11 is 0. The highest BCUT2D eigenvalue weighted by Crippen LogP contribution is 2.18. The Balaban J connectivity index is 2.33. The fourth-order valence-electron chi connectivity index (χ4n) is 1.43. The molecule has 1 aliphatic heterocycles. The lowest BCUT2D eigenvalue weighted by Gasteiger charge is -2.20. The van der Waals surface area contributed by atoms with Crippen molar-refractivity contribution in [2.75, 3.05) is 13.7 Å². The molecule has 1 rings (SSSR count). The van der Waals surface area contributed by atoms with Gasteiger partial charge in [0, 0.05) is 25.6 Å². The predicted octanol–water partition coefficient (Wildman–Crippen LogP) is 1.34. The molecule has 0 bridgehead atoms. The van der Waals surface area contributed by atoms with E-state index in [2.05, 4.69) is 11.9 Å². The van der Waals surface area contributed by atoms with Crippen LogP contribution in [0.4, 0.5) is 0 Å². The number of hydrogen-bond donors (Lipinski definition) is 1. The van der Waals surface area contributed by atoms with E-state index in [0.717, 1.165) is 25.1 Å². The van der Waals surface area contributed by atoms with Crippen molar-refractivity contribution in [3.63, 3.8) is 0 Å². The second kappa shape index (κ2) is 5.02. The summed E-state index contributed by atoms with van der Waals surface area (Å²) in [4.78, 5) is 4.39. The number of rotatable bonds is 4. The van der Waals surface area contributed by atoms with Crippen molar-refractivity contribution in [3.05, 3.63) is 11.8 Å². The summed E-state index contributed by atoms with van der Waals surface area (Å²) in [6.45, 7) is 3.02. The zero-order valence-corrected chi connectivity index (χ0v) is 8.36. The second-order valence-corrected chi connectivity index (χ2v) is 3.54. The van der Waals surface area contributed by atoms with Gasteiger partial charge in [-0.15, -0.1) is 0 Å². The lowest BCUT2D eigenvalue weighted by Crippen LogP contribution is -2.21. The van der Waals surface area contributed by atoms with Crippen LogP contribution in [0.2, 0.25) is 0 Å². The zero-order chi connectivity index (χ0) is 9.68. The molecule has 0 aliphatic carbocycles. The fourth-order valence-corrected chi connectivity index (χ4v) is 1.43. The highest BCUT2D eigenvalue weighted by molar-refractivity contribution is 5.78. The maximum Gasteiger partial charge on any atom is 0.0562 e. The summed E-state index contributed by atoms with van der Waals surface area (Å²) < 4.78 is 5.03. The van der Waals surface area contributed by atoms with Crippen LogP contribution in [0.5, 0.6) is 0 Å². The quantitative estimate of drug-likeness (QED) is 0.713. The van der Waals surface area contributed by atoms with Gasteiger partial charge in [0.2, 0.25) is 0 Å². The molecule has 74 valence electrons. The predicted molar refractivity (Wildman–Crippen MR) is 54.8 cm³/mol. The van der Waals surface area contributed by atoms with Crippen molar-refractivity contribution in [3.8, 4) is 0 Å². The number of nitrogens with two attached hydrogens (primary N) is 1. The minimum Gasteiger partial charge on any atom is -0.398 e. The van der Waals surface area contributed by atoms with Gasteiger partial charge in [-0.1, -0.05) is 13.0 Å². The molecule has 0 fully saturated rings. The molecule has 1 heterocycles. The van der Waals surface area contributed by atoms with E-state index < -0.39 is 0 Å². The van der Waals surface area contributed by atoms with Gasteiger partial charge in [-0.05, 0) is 18.8 Å². The largest absolute Gasteiger partial charge is 0.398 e. The molecule has 0 aromatic heterocycles. The smallest absolute Gasteiger partial charge is 0.0562 e. The molecule has 3 heteroatoms. The number of ether oxygens (including phenoxy) is 1. The lowest BCUT2D eigenvalue weighted by molar-refractivity contribution is 0.174. The van der Waals surface area contributed by atoms with Crippen molar-refractivity contribution in [1.29, 1.82) is 0 Å². The van der Waals surface area contributed by atoms with Gasteiger partial charge < -0.3 is 10.5 Å². The molecule has 0 saturated carbocycles. The first-order chi connectivity index (χ1) is 6.24. The van der Waals surface area contributed by atoms with E-state index in [0.29, 0.717) is 12.0 Å². The number of allylic oxidation sites excluding steroid dienone is 1. The lowest BCUT2D eigenvalue weighted by atomic mass is 9.95. The Labute approximate surface area is 79.7 Å². The maximum atomic E-state index is 5.58. The summed E-state index contributed by atoms with van der Waals surface area (Å²) in [5.41, 5.74) is 6.37. The number of aliphatic imine (C=N–C) groups is 1. The van der Waals surface area contributed by atoms with E-state index in [4.69, 9.17) is 10.5 Å². The van der Waals surface area contributed by atoms with Crippen LogP contribution >= 0.6 is 0 Å². The van der Waals surface area contributed by atoms with E-state index in [1.165, 1.54) is 0 Å². The van der Waals surface area contributed by atoms with Crippen molar-refractivity contribution < 1.29 is 4.74 Å². The molecular weight excluding hydrogens is 164 g/mol. The minimum atomic E-state index is 0.391. The van der Waals surface area contributed by atoms with Crippen LogP contribution in [0.3, 0.4) is 0 Å². The van der Waals surface area contributed by atoms with Gasteiger partial charge in [0.05, 0.1) is 6.04 Å². The Morgan fingerprint density at radius 3 is 3.08 bits per heavy atom. The van der Waals surface area contributed by atoms with Crippen molar-refractivity contribution in [2.24, 2.45) is 16.6 Å². The number of nitrogens with zero attached hydrogens (tertiary/aromatic N) is 1. The fraction of sp³-hybridized carbons (Fsp3) is 0.700. The molecule has 2 unspecified atom stereocenters. The highest BCUT2D eigenvalue weighted by Gasteiger charge is 2.16. The Bertz CT molecular complexity index is 211. The van der Waals surface area contributed by atoms with Crippen LogP contribution < -0.4 is 5.73 Å².